The molecular formula is C59H74N14O14. The van der Waals surface area contributed by atoms with Crippen molar-refractivity contribution in [2.24, 2.45) is 17.4 Å². The first-order valence-electron chi connectivity index (χ1n) is 27.8. The third-order valence-electron chi connectivity index (χ3n) is 15.4. The van der Waals surface area contributed by atoms with Gasteiger partial charge in [-0.3, -0.25) is 49.4 Å². The number of carbonyl (C=O) groups excluding carboxylic acids is 7. The summed E-state index contributed by atoms with van der Waals surface area (Å²) in [6.07, 6.45) is 4.31. The highest BCUT2D eigenvalue weighted by Gasteiger charge is 2.53. The topological polar surface area (TPSA) is 451 Å². The summed E-state index contributed by atoms with van der Waals surface area (Å²) in [7, 11) is 3.75. The van der Waals surface area contributed by atoms with Crippen molar-refractivity contribution in [3.05, 3.63) is 93.6 Å². The fraction of sp³-hybridized carbons (Fsp3) is 0.407. The largest absolute Gasteiger partial charge is 0.481 e. The number of H-pyrrole nitrogens is 2. The number of aryl methyl sites for hydroxylation is 3. The zero-order valence-corrected chi connectivity index (χ0v) is 49.4. The van der Waals surface area contributed by atoms with E-state index in [-0.39, 0.29) is 81.9 Å². The molecule has 16 N–H and O–H groups in total. The van der Waals surface area contributed by atoms with E-state index in [9.17, 15) is 53.4 Å². The Bertz CT molecular complexity index is 3580. The van der Waals surface area contributed by atoms with Gasteiger partial charge >= 0.3 is 29.8 Å². The Morgan fingerprint density at radius 3 is 1.94 bits per heavy atom. The number of guanidine groups is 2. The normalized spacial score (nSPS) is 16.0. The molecule has 3 aromatic heterocycles. The van der Waals surface area contributed by atoms with E-state index >= 15 is 0 Å². The number of ether oxygens (including phenoxy) is 3. The molecule has 28 heteroatoms. The van der Waals surface area contributed by atoms with E-state index in [2.05, 4.69) is 48.4 Å². The Balaban J connectivity index is 1.36. The van der Waals surface area contributed by atoms with Crippen LogP contribution in [0.3, 0.4) is 0 Å². The second-order valence-electron chi connectivity index (χ2n) is 21.0. The standard InChI is InChI=1S/C59H74N14O14/c1-9-31-28(2)39-23-44-35-17-14-34(55(83)86-7)51(56(84)87-8)59(35,5)46(70-44)25-40-30(4)33(16-19-50(78)85-6)43(69-40)24-42-32(29(3)38(68-42)22-41(31)67-39)15-18-47(74)71-36(12-10-20-64-57(60)61)52(79)66-27-48(75)72-45(26-49(76)77)53(80)73-37(54(81)82)13-11-21-65-58(62)63/h9,14,17,22-25,36-37,45,51,67,69H,1,10-13,15-16,18-21,26-27H2,2-8H3,(H,66,79)(H,71,74)(H,72,75)(H,73,80)(H,76,77)(H,81,82)(H4,60,61,64)(H4,62,63,65)/t36-,37-,45-,51-,59+/m0/s1. The average molecular weight is 1200 g/mol. The summed E-state index contributed by atoms with van der Waals surface area (Å²) in [4.78, 5) is 135. The van der Waals surface area contributed by atoms with Crippen molar-refractivity contribution in [1.29, 1.82) is 10.8 Å². The quantitative estimate of drug-likeness (QED) is 0.0171. The smallest absolute Gasteiger partial charge is 0.334 e. The number of nitrogens with two attached hydrogens (primary N) is 2. The molecule has 3 aliphatic rings. The van der Waals surface area contributed by atoms with Crippen molar-refractivity contribution in [3.63, 3.8) is 0 Å². The van der Waals surface area contributed by atoms with Crippen molar-refractivity contribution < 1.29 is 67.6 Å². The van der Waals surface area contributed by atoms with E-state index in [0.717, 1.165) is 16.7 Å². The minimum Gasteiger partial charge on any atom is -0.481 e. The Morgan fingerprint density at radius 2 is 1.33 bits per heavy atom. The summed E-state index contributed by atoms with van der Waals surface area (Å²) in [6, 6.07) is 2.78. The zero-order chi connectivity index (χ0) is 64.0. The highest BCUT2D eigenvalue weighted by Crippen LogP contribution is 2.52. The minimum atomic E-state index is -1.76. The molecule has 3 aromatic rings. The number of nitrogens with zero attached hydrogens (tertiary/aromatic N) is 2. The molecule has 0 unspecified atom stereocenters. The van der Waals surface area contributed by atoms with E-state index in [0.29, 0.717) is 67.1 Å². The number of carbonyl (C=O) groups is 9. The molecule has 5 atom stereocenters. The van der Waals surface area contributed by atoms with Crippen LogP contribution in [0.1, 0.15) is 110 Å². The molecular weight excluding hydrogens is 1130 g/mol. The SMILES string of the molecule is C=Cc1c(C)c2cc3nc(cc4[nH]c(cc5nc(cc1[nH]2)C(C)=C5CCC(=O)N[C@@H](CCCNC(=N)N)C(=O)NCC(=O)N[C@@H](CC(=O)O)C(=O)N[C@@H](CCCNC(=N)N)C(=O)O)c(CCC(=O)OC)c4C)[C@@]1(C)C3=CC=C(C(=O)OC)[C@H]1C(=O)OC. The fourth-order valence-corrected chi connectivity index (χ4v) is 10.7. The number of nitrogens with one attached hydrogen (secondary N) is 10. The van der Waals surface area contributed by atoms with Crippen LogP contribution in [0.15, 0.2) is 48.6 Å². The lowest BCUT2D eigenvalue weighted by atomic mass is 9.64. The number of methoxy groups -OCH3 is 3. The summed E-state index contributed by atoms with van der Waals surface area (Å²) >= 11 is 0. The van der Waals surface area contributed by atoms with Gasteiger partial charge in [0.1, 0.15) is 24.0 Å². The first-order valence-corrected chi connectivity index (χ1v) is 27.8. The lowest BCUT2D eigenvalue weighted by Crippen LogP contribution is -2.54. The average Bonchev–Trinajstić information content (AvgIpc) is 1.63. The van der Waals surface area contributed by atoms with Crippen molar-refractivity contribution in [1.82, 2.24) is 51.8 Å². The van der Waals surface area contributed by atoms with E-state index < -0.39 is 95.9 Å². The van der Waals surface area contributed by atoms with Gasteiger partial charge in [-0.15, -0.1) is 0 Å². The number of esters is 3. The van der Waals surface area contributed by atoms with Gasteiger partial charge in [0.15, 0.2) is 11.9 Å². The van der Waals surface area contributed by atoms with E-state index in [1.54, 1.807) is 30.4 Å². The summed E-state index contributed by atoms with van der Waals surface area (Å²) in [6.45, 7) is 11.0. The van der Waals surface area contributed by atoms with Crippen LogP contribution in [0.25, 0.3) is 44.9 Å². The molecule has 0 saturated carbocycles. The molecule has 0 spiro atoms. The lowest BCUT2D eigenvalue weighted by molar-refractivity contribution is -0.149. The number of carboxylic acid groups (broad SMARTS) is 2. The Morgan fingerprint density at radius 1 is 0.713 bits per heavy atom. The molecule has 0 aromatic carbocycles. The Labute approximate surface area is 499 Å². The van der Waals surface area contributed by atoms with Gasteiger partial charge in [0.25, 0.3) is 0 Å². The van der Waals surface area contributed by atoms with Crippen LogP contribution in [0, 0.1) is 30.6 Å². The highest BCUT2D eigenvalue weighted by atomic mass is 16.5. The lowest BCUT2D eigenvalue weighted by Gasteiger charge is -2.36. The highest BCUT2D eigenvalue weighted by molar-refractivity contribution is 6.02. The van der Waals surface area contributed by atoms with Gasteiger partial charge in [-0.1, -0.05) is 24.8 Å². The predicted octanol–water partition coefficient (Wildman–Crippen LogP) is 2.29. The molecule has 0 fully saturated rings. The maximum absolute atomic E-state index is 14.1. The number of hydrogen-bond acceptors (Lipinski definition) is 16. The maximum atomic E-state index is 14.1. The number of hydrogen-bond donors (Lipinski definition) is 14. The molecule has 6 rings (SSSR count). The molecule has 28 nitrogen and oxygen atoms in total. The Hall–Kier alpha value is -10.2. The van der Waals surface area contributed by atoms with Crippen LogP contribution in [0.2, 0.25) is 0 Å². The number of carboxylic acids is 2. The van der Waals surface area contributed by atoms with Crippen molar-refractivity contribution in [3.8, 4) is 0 Å². The van der Waals surface area contributed by atoms with Crippen LogP contribution in [0.4, 0.5) is 0 Å². The first kappa shape index (κ1) is 66.0. The second-order valence-corrected chi connectivity index (χ2v) is 21.0. The van der Waals surface area contributed by atoms with E-state index in [4.69, 9.17) is 46.5 Å². The van der Waals surface area contributed by atoms with Gasteiger partial charge in [-0.25, -0.2) is 14.6 Å². The number of amides is 4. The van der Waals surface area contributed by atoms with Crippen molar-refractivity contribution >= 4 is 110 Å². The molecule has 87 heavy (non-hydrogen) atoms. The summed E-state index contributed by atoms with van der Waals surface area (Å²) in [5.74, 6) is -10.3. The molecule has 1 aliphatic carbocycles. The second kappa shape index (κ2) is 29.1. The van der Waals surface area contributed by atoms with Gasteiger partial charge in [0.2, 0.25) is 23.6 Å². The third kappa shape index (κ3) is 15.8. The predicted molar refractivity (Wildman–Crippen MR) is 321 cm³/mol. The summed E-state index contributed by atoms with van der Waals surface area (Å²) in [5, 5.41) is 48.8. The number of aromatic nitrogens is 4. The monoisotopic (exact) mass is 1200 g/mol. The van der Waals surface area contributed by atoms with Crippen LogP contribution >= 0.6 is 0 Å². The number of fused-ring (bicyclic) bond motifs is 11. The van der Waals surface area contributed by atoms with Gasteiger partial charge in [-0.05, 0) is 124 Å². The van der Waals surface area contributed by atoms with Gasteiger partial charge in [0, 0.05) is 53.6 Å². The van der Waals surface area contributed by atoms with Crippen LogP contribution in [0.5, 0.6) is 0 Å². The first-order chi connectivity index (χ1) is 41.3. The van der Waals surface area contributed by atoms with Gasteiger partial charge in [0.05, 0.1) is 68.1 Å². The van der Waals surface area contributed by atoms with Gasteiger partial charge in [-0.2, -0.15) is 0 Å². The van der Waals surface area contributed by atoms with Crippen LogP contribution in [-0.4, -0.2) is 155 Å². The number of allylic oxidation sites excluding steroid dienone is 5. The molecule has 8 bridgehead atoms. The van der Waals surface area contributed by atoms with Crippen LogP contribution < -0.4 is 43.4 Å². The fourth-order valence-electron chi connectivity index (χ4n) is 10.7. The van der Waals surface area contributed by atoms with Crippen molar-refractivity contribution in [2.45, 2.75) is 109 Å². The third-order valence-corrected chi connectivity index (χ3v) is 15.4. The molecule has 5 heterocycles. The molecule has 4 amide bonds. The van der Waals surface area contributed by atoms with Gasteiger partial charge < -0.3 is 77.8 Å². The summed E-state index contributed by atoms with van der Waals surface area (Å²) in [5.41, 5.74) is 18.7. The molecule has 2 aliphatic heterocycles. The number of rotatable bonds is 27. The van der Waals surface area contributed by atoms with Crippen molar-refractivity contribution in [2.75, 3.05) is 41.0 Å². The minimum absolute atomic E-state index is 0.00477. The number of aromatic amines is 2. The Kier molecular flexibility index (Phi) is 22.1. The number of aliphatic carboxylic acids is 2. The zero-order valence-electron chi connectivity index (χ0n) is 49.4. The maximum Gasteiger partial charge on any atom is 0.334 e. The van der Waals surface area contributed by atoms with Crippen LogP contribution in [-0.2, 0) is 69.2 Å². The molecule has 0 saturated heterocycles. The van der Waals surface area contributed by atoms with E-state index in [1.807, 2.05) is 39.8 Å². The molecule has 0 radical (unpaired) electrons. The van der Waals surface area contributed by atoms with E-state index in [1.165, 1.54) is 21.3 Å². The molecule has 464 valence electrons. The summed E-state index contributed by atoms with van der Waals surface area (Å²) < 4.78 is 15.5.